The van der Waals surface area contributed by atoms with E-state index in [1.807, 2.05) is 0 Å². The fourth-order valence-electron chi connectivity index (χ4n) is 2.80. The highest BCUT2D eigenvalue weighted by atomic mass is 35.5. The second-order valence-corrected chi connectivity index (χ2v) is 6.87. The number of fused-ring (bicyclic) bond motifs is 1. The number of halogens is 2. The molecule has 112 valence electrons. The molecule has 21 heavy (non-hydrogen) atoms. The molecule has 0 spiro atoms. The van der Waals surface area contributed by atoms with Crippen molar-refractivity contribution in [2.45, 2.75) is 32.1 Å². The van der Waals surface area contributed by atoms with E-state index in [4.69, 9.17) is 16.6 Å². The van der Waals surface area contributed by atoms with E-state index in [9.17, 15) is 4.39 Å². The fourth-order valence-corrected chi connectivity index (χ4v) is 4.18. The molecule has 1 aliphatic carbocycles. The molecule has 2 aromatic rings. The van der Waals surface area contributed by atoms with Crippen molar-refractivity contribution in [2.75, 3.05) is 13.1 Å². The lowest BCUT2D eigenvalue weighted by molar-refractivity contribution is 0.509. The highest BCUT2D eigenvalue weighted by Gasteiger charge is 2.25. The molecule has 0 saturated heterocycles. The van der Waals surface area contributed by atoms with Gasteiger partial charge in [-0.15, -0.1) is 11.3 Å². The molecular weight excluding hydrogens is 307 g/mol. The topological polar surface area (TPSA) is 24.9 Å². The average Bonchev–Trinajstić information content (AvgIpc) is 2.89. The van der Waals surface area contributed by atoms with Gasteiger partial charge in [0.05, 0.1) is 5.69 Å². The van der Waals surface area contributed by atoms with E-state index in [1.54, 1.807) is 23.5 Å². The second kappa shape index (κ2) is 6.42. The van der Waals surface area contributed by atoms with E-state index in [1.165, 1.54) is 17.4 Å². The van der Waals surface area contributed by atoms with Crippen molar-refractivity contribution in [2.24, 2.45) is 0 Å². The van der Waals surface area contributed by atoms with Gasteiger partial charge in [-0.25, -0.2) is 9.37 Å². The summed E-state index contributed by atoms with van der Waals surface area (Å²) in [5, 5.41) is 4.59. The van der Waals surface area contributed by atoms with E-state index >= 15 is 0 Å². The average molecular weight is 325 g/mol. The standard InChI is InChI=1S/C16H18ClFN2S/c1-2-19-9-10-4-3-5-14-15(10)20-16(21-14)12-7-6-11(17)8-13(12)18/h6-8,10,19H,2-5,9H2,1H3. The molecule has 1 atom stereocenters. The zero-order valence-corrected chi connectivity index (χ0v) is 13.5. The predicted molar refractivity (Wildman–Crippen MR) is 86.7 cm³/mol. The lowest BCUT2D eigenvalue weighted by Gasteiger charge is -2.21. The van der Waals surface area contributed by atoms with Crippen LogP contribution in [0.2, 0.25) is 5.02 Å². The van der Waals surface area contributed by atoms with E-state index in [0.717, 1.165) is 36.6 Å². The third-order valence-corrected chi connectivity index (χ3v) is 5.27. The summed E-state index contributed by atoms with van der Waals surface area (Å²) in [7, 11) is 0. The van der Waals surface area contributed by atoms with Crippen LogP contribution in [0.25, 0.3) is 10.6 Å². The summed E-state index contributed by atoms with van der Waals surface area (Å²) >= 11 is 7.44. The zero-order chi connectivity index (χ0) is 14.8. The minimum Gasteiger partial charge on any atom is -0.316 e. The van der Waals surface area contributed by atoms with Crippen molar-refractivity contribution in [3.63, 3.8) is 0 Å². The third-order valence-electron chi connectivity index (χ3n) is 3.87. The van der Waals surface area contributed by atoms with Gasteiger partial charge < -0.3 is 5.32 Å². The Kier molecular flexibility index (Phi) is 4.57. The van der Waals surface area contributed by atoms with Gasteiger partial charge in [0.15, 0.2) is 0 Å². The van der Waals surface area contributed by atoms with Crippen molar-refractivity contribution in [3.8, 4) is 10.6 Å². The van der Waals surface area contributed by atoms with Gasteiger partial charge in [0, 0.05) is 27.9 Å². The summed E-state index contributed by atoms with van der Waals surface area (Å²) in [6.07, 6.45) is 3.41. The molecule has 1 aliphatic rings. The van der Waals surface area contributed by atoms with Gasteiger partial charge in [0.1, 0.15) is 10.8 Å². The summed E-state index contributed by atoms with van der Waals surface area (Å²) in [5.41, 5.74) is 1.72. The monoisotopic (exact) mass is 324 g/mol. The Morgan fingerprint density at radius 2 is 2.33 bits per heavy atom. The van der Waals surface area contributed by atoms with Gasteiger partial charge in [0.25, 0.3) is 0 Å². The van der Waals surface area contributed by atoms with Crippen LogP contribution in [0.4, 0.5) is 4.39 Å². The highest BCUT2D eigenvalue weighted by molar-refractivity contribution is 7.15. The van der Waals surface area contributed by atoms with Gasteiger partial charge >= 0.3 is 0 Å². The molecule has 0 amide bonds. The number of benzene rings is 1. The van der Waals surface area contributed by atoms with Crippen molar-refractivity contribution in [1.82, 2.24) is 10.3 Å². The number of nitrogens with zero attached hydrogens (tertiary/aromatic N) is 1. The minimum atomic E-state index is -0.295. The number of nitrogens with one attached hydrogen (secondary N) is 1. The Morgan fingerprint density at radius 3 is 3.10 bits per heavy atom. The van der Waals surface area contributed by atoms with Crippen LogP contribution in [0.1, 0.15) is 36.3 Å². The largest absolute Gasteiger partial charge is 0.316 e. The number of hydrogen-bond donors (Lipinski definition) is 1. The molecule has 5 heteroatoms. The van der Waals surface area contributed by atoms with Crippen LogP contribution in [-0.4, -0.2) is 18.1 Å². The first kappa shape index (κ1) is 14.9. The zero-order valence-electron chi connectivity index (χ0n) is 12.0. The first-order chi connectivity index (χ1) is 10.2. The number of rotatable bonds is 4. The van der Waals surface area contributed by atoms with Crippen molar-refractivity contribution >= 4 is 22.9 Å². The Hall–Kier alpha value is -0.970. The lowest BCUT2D eigenvalue weighted by atomic mass is 9.91. The third kappa shape index (κ3) is 3.12. The number of likely N-dealkylation sites (N-methyl/N-ethyl adjacent to an activating group) is 1. The molecule has 1 N–H and O–H groups in total. The van der Waals surface area contributed by atoms with Crippen LogP contribution >= 0.6 is 22.9 Å². The van der Waals surface area contributed by atoms with Crippen molar-refractivity contribution in [1.29, 1.82) is 0 Å². The summed E-state index contributed by atoms with van der Waals surface area (Å²) in [6, 6.07) is 4.80. The van der Waals surface area contributed by atoms with E-state index in [0.29, 0.717) is 16.5 Å². The first-order valence-corrected chi connectivity index (χ1v) is 8.54. The fraction of sp³-hybridized carbons (Fsp3) is 0.438. The second-order valence-electron chi connectivity index (χ2n) is 5.35. The van der Waals surface area contributed by atoms with Crippen LogP contribution in [-0.2, 0) is 6.42 Å². The molecule has 0 radical (unpaired) electrons. The molecule has 0 saturated carbocycles. The summed E-state index contributed by atoms with van der Waals surface area (Å²) in [5.74, 6) is 0.158. The molecule has 0 aliphatic heterocycles. The Balaban J connectivity index is 1.94. The van der Waals surface area contributed by atoms with Crippen LogP contribution in [0.15, 0.2) is 18.2 Å². The smallest absolute Gasteiger partial charge is 0.134 e. The van der Waals surface area contributed by atoms with E-state index in [2.05, 4.69) is 12.2 Å². The van der Waals surface area contributed by atoms with Crippen LogP contribution in [0, 0.1) is 5.82 Å². The maximum atomic E-state index is 14.1. The summed E-state index contributed by atoms with van der Waals surface area (Å²) in [6.45, 7) is 4.03. The quantitative estimate of drug-likeness (QED) is 0.886. The highest BCUT2D eigenvalue weighted by Crippen LogP contribution is 2.38. The van der Waals surface area contributed by atoms with Gasteiger partial charge in [-0.1, -0.05) is 18.5 Å². The predicted octanol–water partition coefficient (Wildman–Crippen LogP) is 4.63. The van der Waals surface area contributed by atoms with Gasteiger partial charge in [0.2, 0.25) is 0 Å². The molecule has 0 fully saturated rings. The number of hydrogen-bond acceptors (Lipinski definition) is 3. The Labute approximate surface area is 133 Å². The van der Waals surface area contributed by atoms with Crippen LogP contribution in [0.3, 0.4) is 0 Å². The SMILES string of the molecule is CCNCC1CCCc2sc(-c3ccc(Cl)cc3F)nc21. The van der Waals surface area contributed by atoms with Gasteiger partial charge in [-0.3, -0.25) is 0 Å². The minimum absolute atomic E-state index is 0.295. The maximum Gasteiger partial charge on any atom is 0.134 e. The summed E-state index contributed by atoms with van der Waals surface area (Å²) in [4.78, 5) is 6.05. The molecule has 2 nitrogen and oxygen atoms in total. The molecule has 1 aromatic carbocycles. The number of thiazole rings is 1. The molecule has 1 unspecified atom stereocenters. The number of aromatic nitrogens is 1. The van der Waals surface area contributed by atoms with E-state index in [-0.39, 0.29) is 5.82 Å². The van der Waals surface area contributed by atoms with E-state index < -0.39 is 0 Å². The first-order valence-electron chi connectivity index (χ1n) is 7.34. The van der Waals surface area contributed by atoms with Gasteiger partial charge in [-0.05, 0) is 44.0 Å². The molecule has 3 rings (SSSR count). The molecule has 0 bridgehead atoms. The summed E-state index contributed by atoms with van der Waals surface area (Å²) < 4.78 is 14.1. The van der Waals surface area contributed by atoms with Crippen LogP contribution < -0.4 is 5.32 Å². The Morgan fingerprint density at radius 1 is 1.48 bits per heavy atom. The van der Waals surface area contributed by atoms with Gasteiger partial charge in [-0.2, -0.15) is 0 Å². The molecular formula is C16H18ClFN2S. The Bertz CT molecular complexity index is 641. The van der Waals surface area contributed by atoms with Crippen LogP contribution in [0.5, 0.6) is 0 Å². The number of aryl methyl sites for hydroxylation is 1. The maximum absolute atomic E-state index is 14.1. The molecule has 1 aromatic heterocycles. The van der Waals surface area contributed by atoms with Crippen molar-refractivity contribution < 1.29 is 4.39 Å². The van der Waals surface area contributed by atoms with Crippen molar-refractivity contribution in [3.05, 3.63) is 39.6 Å². The lowest BCUT2D eigenvalue weighted by Crippen LogP contribution is -2.23. The molecule has 1 heterocycles. The normalized spacial score (nSPS) is 17.8.